The summed E-state index contributed by atoms with van der Waals surface area (Å²) in [5.41, 5.74) is 0.374. The van der Waals surface area contributed by atoms with Crippen LogP contribution in [0.5, 0.6) is 0 Å². The minimum atomic E-state index is 0.144. The third kappa shape index (κ3) is 3.49. The van der Waals surface area contributed by atoms with Crippen LogP contribution in [-0.4, -0.2) is 33.9 Å². The van der Waals surface area contributed by atoms with Gasteiger partial charge in [0.05, 0.1) is 5.75 Å². The molecule has 0 aliphatic heterocycles. The molecule has 0 radical (unpaired) electrons. The number of aromatic nitrogens is 2. The summed E-state index contributed by atoms with van der Waals surface area (Å²) in [4.78, 5) is 12.5. The molecule has 142 valence electrons. The second kappa shape index (κ2) is 6.66. The molecule has 4 bridgehead atoms. The predicted molar refractivity (Wildman–Crippen MR) is 105 cm³/mol. The highest BCUT2D eigenvalue weighted by molar-refractivity contribution is 8.01. The molecule has 1 heterocycles. The molecule has 6 rings (SSSR count). The lowest BCUT2D eigenvalue weighted by molar-refractivity contribution is -0.123. The minimum absolute atomic E-state index is 0.144. The molecule has 26 heavy (non-hydrogen) atoms. The van der Waals surface area contributed by atoms with E-state index in [2.05, 4.69) is 27.8 Å². The summed E-state index contributed by atoms with van der Waals surface area (Å²) < 4.78 is 0.880. The van der Waals surface area contributed by atoms with Crippen LogP contribution in [-0.2, 0) is 4.79 Å². The molecule has 7 heteroatoms. The Hall–Kier alpha value is -0.820. The van der Waals surface area contributed by atoms with E-state index < -0.39 is 0 Å². The molecule has 1 atom stereocenters. The molecule has 5 saturated carbocycles. The van der Waals surface area contributed by atoms with Crippen LogP contribution in [0.25, 0.3) is 0 Å². The van der Waals surface area contributed by atoms with Gasteiger partial charge in [-0.3, -0.25) is 4.79 Å². The van der Waals surface area contributed by atoms with E-state index in [1.807, 2.05) is 0 Å². The van der Waals surface area contributed by atoms with Crippen molar-refractivity contribution in [3.8, 4) is 0 Å². The number of carbonyl (C=O) groups is 1. The first-order valence-corrected chi connectivity index (χ1v) is 11.9. The summed E-state index contributed by atoms with van der Waals surface area (Å²) in [5.74, 6) is 3.36. The fourth-order valence-corrected chi connectivity index (χ4v) is 7.64. The molecule has 0 unspecified atom stereocenters. The van der Waals surface area contributed by atoms with E-state index in [-0.39, 0.29) is 5.91 Å². The fraction of sp³-hybridized carbons (Fsp3) is 0.842. The lowest BCUT2D eigenvalue weighted by atomic mass is 9.48. The first-order chi connectivity index (χ1) is 12.6. The first kappa shape index (κ1) is 17.3. The number of carbonyl (C=O) groups excluding carboxylic acids is 1. The number of hydrogen-bond acceptors (Lipinski definition) is 6. The van der Waals surface area contributed by atoms with Gasteiger partial charge in [-0.15, -0.1) is 10.2 Å². The number of rotatable bonds is 7. The maximum atomic E-state index is 12.5. The zero-order chi connectivity index (χ0) is 17.7. The number of nitrogens with one attached hydrogen (secondary N) is 2. The van der Waals surface area contributed by atoms with Crippen LogP contribution in [0.1, 0.15) is 58.3 Å². The molecule has 0 aromatic carbocycles. The van der Waals surface area contributed by atoms with Gasteiger partial charge in [-0.05, 0) is 81.5 Å². The number of hydrogen-bond donors (Lipinski definition) is 2. The van der Waals surface area contributed by atoms with E-state index in [0.717, 1.165) is 27.2 Å². The van der Waals surface area contributed by atoms with Crippen molar-refractivity contribution in [2.45, 2.75) is 74.7 Å². The van der Waals surface area contributed by atoms with Gasteiger partial charge < -0.3 is 10.6 Å². The molecule has 0 spiro atoms. The molecule has 0 saturated heterocycles. The third-order valence-electron chi connectivity index (χ3n) is 7.02. The Morgan fingerprint density at radius 3 is 2.46 bits per heavy atom. The molecule has 5 nitrogen and oxygen atoms in total. The highest BCUT2D eigenvalue weighted by Crippen LogP contribution is 2.61. The van der Waals surface area contributed by atoms with E-state index in [9.17, 15) is 4.79 Å². The van der Waals surface area contributed by atoms with Crippen molar-refractivity contribution < 1.29 is 4.79 Å². The summed E-state index contributed by atoms with van der Waals surface area (Å²) in [6.07, 6.45) is 10.8. The summed E-state index contributed by atoms with van der Waals surface area (Å²) >= 11 is 3.07. The van der Waals surface area contributed by atoms with Crippen molar-refractivity contribution in [1.82, 2.24) is 15.5 Å². The van der Waals surface area contributed by atoms with Crippen molar-refractivity contribution in [3.05, 3.63) is 0 Å². The number of thioether (sulfide) groups is 1. The molecule has 1 aromatic rings. The normalized spacial score (nSPS) is 36.1. The molecule has 2 N–H and O–H groups in total. The second-order valence-electron chi connectivity index (χ2n) is 9.15. The average molecular weight is 393 g/mol. The van der Waals surface area contributed by atoms with Gasteiger partial charge in [-0.2, -0.15) is 0 Å². The van der Waals surface area contributed by atoms with Gasteiger partial charge in [-0.1, -0.05) is 23.1 Å². The first-order valence-electron chi connectivity index (χ1n) is 10.1. The maximum absolute atomic E-state index is 12.5. The van der Waals surface area contributed by atoms with E-state index in [0.29, 0.717) is 23.3 Å². The fourth-order valence-electron chi connectivity index (χ4n) is 6.00. The Morgan fingerprint density at radius 2 is 1.85 bits per heavy atom. The van der Waals surface area contributed by atoms with Crippen LogP contribution in [0.15, 0.2) is 4.34 Å². The van der Waals surface area contributed by atoms with Crippen LogP contribution in [0.3, 0.4) is 0 Å². The lowest BCUT2D eigenvalue weighted by Gasteiger charge is -2.59. The Morgan fingerprint density at radius 1 is 1.19 bits per heavy atom. The van der Waals surface area contributed by atoms with Crippen molar-refractivity contribution in [1.29, 1.82) is 0 Å². The van der Waals surface area contributed by atoms with Crippen LogP contribution in [0.4, 0.5) is 5.13 Å². The predicted octanol–water partition coefficient (Wildman–Crippen LogP) is 3.93. The van der Waals surface area contributed by atoms with Crippen LogP contribution in [0.2, 0.25) is 0 Å². The summed E-state index contributed by atoms with van der Waals surface area (Å²) in [7, 11) is 0. The van der Waals surface area contributed by atoms with Crippen LogP contribution >= 0.6 is 23.1 Å². The van der Waals surface area contributed by atoms with E-state index in [1.165, 1.54) is 63.1 Å². The Labute approximate surface area is 163 Å². The summed E-state index contributed by atoms with van der Waals surface area (Å²) in [5, 5.41) is 15.9. The van der Waals surface area contributed by atoms with Gasteiger partial charge in [0.1, 0.15) is 0 Å². The van der Waals surface area contributed by atoms with Gasteiger partial charge in [0, 0.05) is 12.1 Å². The highest BCUT2D eigenvalue weighted by atomic mass is 32.2. The largest absolute Gasteiger partial charge is 0.357 e. The quantitative estimate of drug-likeness (QED) is 0.688. The minimum Gasteiger partial charge on any atom is -0.357 e. The second-order valence-corrected chi connectivity index (χ2v) is 11.3. The van der Waals surface area contributed by atoms with Crippen LogP contribution < -0.4 is 10.6 Å². The standard InChI is InChI=1S/C19H28N4OS2/c1-11(19-7-12-4-13(8-19)6-14(5-12)9-19)20-16(24)10-25-18-23-22-17(26-18)21-15-2-3-15/h11-15H,2-10H2,1H3,(H,20,24)(H,21,22)/t11-,12?,13?,14?,19?/m1/s1. The van der Waals surface area contributed by atoms with E-state index in [1.54, 1.807) is 11.3 Å². The highest BCUT2D eigenvalue weighted by Gasteiger charge is 2.53. The molecule has 5 fully saturated rings. The van der Waals surface area contributed by atoms with Crippen molar-refractivity contribution in [2.24, 2.45) is 23.2 Å². The Balaban J connectivity index is 1.13. The molecule has 1 amide bonds. The molecule has 1 aromatic heterocycles. The van der Waals surface area contributed by atoms with Gasteiger partial charge in [-0.25, -0.2) is 0 Å². The van der Waals surface area contributed by atoms with Crippen molar-refractivity contribution in [2.75, 3.05) is 11.1 Å². The van der Waals surface area contributed by atoms with Gasteiger partial charge >= 0.3 is 0 Å². The zero-order valence-corrected chi connectivity index (χ0v) is 17.0. The number of anilines is 1. The smallest absolute Gasteiger partial charge is 0.230 e. The van der Waals surface area contributed by atoms with E-state index in [4.69, 9.17) is 0 Å². The van der Waals surface area contributed by atoms with E-state index >= 15 is 0 Å². The monoisotopic (exact) mass is 392 g/mol. The third-order valence-corrected chi connectivity index (χ3v) is 9.01. The molecule has 5 aliphatic carbocycles. The SMILES string of the molecule is C[C@@H](NC(=O)CSc1nnc(NC2CC2)s1)C12CC3CC(CC(C3)C1)C2. The summed E-state index contributed by atoms with van der Waals surface area (Å²) in [6, 6.07) is 0.885. The summed E-state index contributed by atoms with van der Waals surface area (Å²) in [6.45, 7) is 2.25. The van der Waals surface area contributed by atoms with Gasteiger partial charge in [0.25, 0.3) is 0 Å². The van der Waals surface area contributed by atoms with Gasteiger partial charge in [0.2, 0.25) is 11.0 Å². The Kier molecular flexibility index (Phi) is 4.43. The van der Waals surface area contributed by atoms with Gasteiger partial charge in [0.15, 0.2) is 4.34 Å². The van der Waals surface area contributed by atoms with Crippen molar-refractivity contribution in [3.63, 3.8) is 0 Å². The number of nitrogens with zero attached hydrogens (tertiary/aromatic N) is 2. The maximum Gasteiger partial charge on any atom is 0.230 e. The topological polar surface area (TPSA) is 66.9 Å². The molecule has 5 aliphatic rings. The lowest BCUT2D eigenvalue weighted by Crippen LogP contribution is -2.56. The zero-order valence-electron chi connectivity index (χ0n) is 15.4. The average Bonchev–Trinajstić information content (AvgIpc) is 3.28. The van der Waals surface area contributed by atoms with Crippen LogP contribution in [0, 0.1) is 23.2 Å². The number of amides is 1. The molecular weight excluding hydrogens is 364 g/mol. The van der Waals surface area contributed by atoms with Crippen molar-refractivity contribution >= 4 is 34.1 Å². The molecular formula is C19H28N4OS2. The Bertz CT molecular complexity index is 652.